The Morgan fingerprint density at radius 1 is 0.933 bits per heavy atom. The average Bonchev–Trinajstić information content (AvgIpc) is 3.07. The fourth-order valence-corrected chi connectivity index (χ4v) is 3.28. The van der Waals surface area contributed by atoms with Gasteiger partial charge in [0, 0.05) is 5.56 Å². The normalized spacial score (nSPS) is 14.7. The molecule has 1 aliphatic heterocycles. The summed E-state index contributed by atoms with van der Waals surface area (Å²) in [6.07, 6.45) is 1.81. The highest BCUT2D eigenvalue weighted by molar-refractivity contribution is 6.32. The van der Waals surface area contributed by atoms with E-state index in [-0.39, 0.29) is 5.91 Å². The van der Waals surface area contributed by atoms with Gasteiger partial charge in [-0.3, -0.25) is 4.79 Å². The Bertz CT molecular complexity index is 1110. The van der Waals surface area contributed by atoms with Crippen molar-refractivity contribution in [2.75, 3.05) is 12.1 Å². The molecule has 0 N–H and O–H groups in total. The first-order chi connectivity index (χ1) is 14.7. The van der Waals surface area contributed by atoms with Crippen LogP contribution in [-0.2, 0) is 11.4 Å². The van der Waals surface area contributed by atoms with Gasteiger partial charge in [-0.15, -0.1) is 0 Å². The van der Waals surface area contributed by atoms with Gasteiger partial charge in [0.25, 0.3) is 5.91 Å². The van der Waals surface area contributed by atoms with Crippen molar-refractivity contribution < 1.29 is 14.3 Å². The van der Waals surface area contributed by atoms with E-state index >= 15 is 0 Å². The molecule has 0 saturated carbocycles. The van der Waals surface area contributed by atoms with E-state index in [1.807, 2.05) is 91.9 Å². The lowest BCUT2D eigenvalue weighted by Crippen LogP contribution is -2.21. The number of para-hydroxylation sites is 2. The number of anilines is 1. The fraction of sp³-hybridized carbons (Fsp3) is 0.120. The molecule has 5 nitrogen and oxygen atoms in total. The standard InChI is InChI=1S/C25H22N2O3/c1-18-22(25(28)27(26-18)21-13-7-4-8-14-21)16-20-12-9-15-23(29-2)24(20)30-17-19-10-5-3-6-11-19/h3-16H,17H2,1-2H3/b22-16+. The van der Waals surface area contributed by atoms with Gasteiger partial charge < -0.3 is 9.47 Å². The van der Waals surface area contributed by atoms with Gasteiger partial charge in [-0.05, 0) is 36.8 Å². The lowest BCUT2D eigenvalue weighted by atomic mass is 10.1. The second-order valence-corrected chi connectivity index (χ2v) is 6.85. The van der Waals surface area contributed by atoms with Crippen LogP contribution in [0.25, 0.3) is 6.08 Å². The zero-order valence-electron chi connectivity index (χ0n) is 16.9. The molecule has 30 heavy (non-hydrogen) atoms. The molecule has 0 atom stereocenters. The van der Waals surface area contributed by atoms with Gasteiger partial charge in [0.15, 0.2) is 11.5 Å². The SMILES string of the molecule is COc1cccc(/C=C2/C(=O)N(c3ccccc3)N=C2C)c1OCc1ccccc1. The minimum Gasteiger partial charge on any atom is -0.493 e. The smallest absolute Gasteiger partial charge is 0.280 e. The number of hydrogen-bond acceptors (Lipinski definition) is 4. The number of carbonyl (C=O) groups excluding carboxylic acids is 1. The van der Waals surface area contributed by atoms with Crippen LogP contribution in [0.3, 0.4) is 0 Å². The monoisotopic (exact) mass is 398 g/mol. The van der Waals surface area contributed by atoms with Crippen LogP contribution < -0.4 is 14.5 Å². The van der Waals surface area contributed by atoms with Crippen molar-refractivity contribution in [2.45, 2.75) is 13.5 Å². The number of amides is 1. The number of methoxy groups -OCH3 is 1. The third-order valence-corrected chi connectivity index (χ3v) is 4.82. The zero-order valence-corrected chi connectivity index (χ0v) is 16.9. The second kappa shape index (κ2) is 8.66. The van der Waals surface area contributed by atoms with Crippen molar-refractivity contribution >= 4 is 23.4 Å². The maximum absolute atomic E-state index is 13.0. The van der Waals surface area contributed by atoms with Crippen molar-refractivity contribution in [3.05, 3.63) is 95.6 Å². The maximum atomic E-state index is 13.0. The lowest BCUT2D eigenvalue weighted by molar-refractivity contribution is -0.114. The van der Waals surface area contributed by atoms with Gasteiger partial charge in [0.2, 0.25) is 0 Å². The Hall–Kier alpha value is -3.86. The van der Waals surface area contributed by atoms with Crippen molar-refractivity contribution in [1.82, 2.24) is 0 Å². The molecule has 3 aromatic carbocycles. The molecule has 0 unspecified atom stereocenters. The molecule has 1 aliphatic rings. The minimum absolute atomic E-state index is 0.171. The van der Waals surface area contributed by atoms with Gasteiger partial charge >= 0.3 is 0 Å². The Morgan fingerprint density at radius 2 is 1.63 bits per heavy atom. The molecular weight excluding hydrogens is 376 g/mol. The first-order valence-corrected chi connectivity index (χ1v) is 9.68. The summed E-state index contributed by atoms with van der Waals surface area (Å²) >= 11 is 0. The summed E-state index contributed by atoms with van der Waals surface area (Å²) in [7, 11) is 1.60. The molecule has 5 heteroatoms. The first-order valence-electron chi connectivity index (χ1n) is 9.68. The molecular formula is C25H22N2O3. The lowest BCUT2D eigenvalue weighted by Gasteiger charge is -2.14. The number of nitrogens with zero attached hydrogens (tertiary/aromatic N) is 2. The van der Waals surface area contributed by atoms with Crippen LogP contribution in [0.4, 0.5) is 5.69 Å². The highest BCUT2D eigenvalue weighted by atomic mass is 16.5. The predicted molar refractivity (Wildman–Crippen MR) is 119 cm³/mol. The number of hydrogen-bond donors (Lipinski definition) is 0. The third-order valence-electron chi connectivity index (χ3n) is 4.82. The van der Waals surface area contributed by atoms with E-state index < -0.39 is 0 Å². The van der Waals surface area contributed by atoms with Crippen molar-refractivity contribution in [1.29, 1.82) is 0 Å². The van der Waals surface area contributed by atoms with E-state index in [1.54, 1.807) is 7.11 Å². The van der Waals surface area contributed by atoms with Crippen LogP contribution in [0.2, 0.25) is 0 Å². The fourth-order valence-electron chi connectivity index (χ4n) is 3.28. The zero-order chi connectivity index (χ0) is 20.9. The molecule has 150 valence electrons. The number of hydrazone groups is 1. The summed E-state index contributed by atoms with van der Waals surface area (Å²) in [5.41, 5.74) is 3.72. The molecule has 0 spiro atoms. The summed E-state index contributed by atoms with van der Waals surface area (Å²) in [6.45, 7) is 2.23. The minimum atomic E-state index is -0.171. The largest absolute Gasteiger partial charge is 0.493 e. The molecule has 3 aromatic rings. The Kier molecular flexibility index (Phi) is 5.61. The maximum Gasteiger partial charge on any atom is 0.280 e. The van der Waals surface area contributed by atoms with Crippen molar-refractivity contribution in [2.24, 2.45) is 5.10 Å². The third kappa shape index (κ3) is 3.96. The molecule has 0 radical (unpaired) electrons. The molecule has 0 saturated heterocycles. The Balaban J connectivity index is 1.66. The van der Waals surface area contributed by atoms with Gasteiger partial charge in [-0.25, -0.2) is 0 Å². The van der Waals surface area contributed by atoms with E-state index in [4.69, 9.17) is 9.47 Å². The topological polar surface area (TPSA) is 51.1 Å². The van der Waals surface area contributed by atoms with Crippen LogP contribution in [0.15, 0.2) is 89.5 Å². The summed E-state index contributed by atoms with van der Waals surface area (Å²) in [5, 5.41) is 5.87. The highest BCUT2D eigenvalue weighted by Gasteiger charge is 2.29. The quantitative estimate of drug-likeness (QED) is 0.544. The van der Waals surface area contributed by atoms with E-state index in [1.165, 1.54) is 5.01 Å². The average molecular weight is 398 g/mol. The number of benzene rings is 3. The Morgan fingerprint density at radius 3 is 2.33 bits per heavy atom. The summed E-state index contributed by atoms with van der Waals surface area (Å²) in [6, 6.07) is 24.9. The molecule has 0 aromatic heterocycles. The van der Waals surface area contributed by atoms with Gasteiger partial charge in [0.05, 0.1) is 24.1 Å². The van der Waals surface area contributed by atoms with Crippen LogP contribution in [0.5, 0.6) is 11.5 Å². The summed E-state index contributed by atoms with van der Waals surface area (Å²) in [5.74, 6) is 1.03. The van der Waals surface area contributed by atoms with Crippen LogP contribution >= 0.6 is 0 Å². The number of ether oxygens (including phenoxy) is 2. The van der Waals surface area contributed by atoms with E-state index in [0.717, 1.165) is 16.8 Å². The van der Waals surface area contributed by atoms with Crippen molar-refractivity contribution in [3.8, 4) is 11.5 Å². The van der Waals surface area contributed by atoms with Gasteiger partial charge in [-0.1, -0.05) is 60.7 Å². The molecule has 1 heterocycles. The molecule has 0 fully saturated rings. The Labute approximate surface area is 175 Å². The highest BCUT2D eigenvalue weighted by Crippen LogP contribution is 2.34. The predicted octanol–water partition coefficient (Wildman–Crippen LogP) is 5.08. The molecule has 1 amide bonds. The van der Waals surface area contributed by atoms with E-state index in [2.05, 4.69) is 5.10 Å². The number of rotatable bonds is 6. The molecule has 0 aliphatic carbocycles. The van der Waals surface area contributed by atoms with Crippen LogP contribution in [0.1, 0.15) is 18.1 Å². The van der Waals surface area contributed by atoms with Crippen molar-refractivity contribution in [3.63, 3.8) is 0 Å². The van der Waals surface area contributed by atoms with Gasteiger partial charge in [-0.2, -0.15) is 10.1 Å². The van der Waals surface area contributed by atoms with Crippen LogP contribution in [0, 0.1) is 0 Å². The van der Waals surface area contributed by atoms with Gasteiger partial charge in [0.1, 0.15) is 6.61 Å². The van der Waals surface area contributed by atoms with E-state index in [0.29, 0.717) is 29.4 Å². The first kappa shape index (κ1) is 19.5. The summed E-state index contributed by atoms with van der Waals surface area (Å²) in [4.78, 5) is 13.0. The van der Waals surface area contributed by atoms with E-state index in [9.17, 15) is 4.79 Å². The second-order valence-electron chi connectivity index (χ2n) is 6.85. The van der Waals surface area contributed by atoms with Crippen LogP contribution in [-0.4, -0.2) is 18.7 Å². The molecule has 4 rings (SSSR count). The summed E-state index contributed by atoms with van der Waals surface area (Å²) < 4.78 is 11.6. The molecule has 0 bridgehead atoms. The number of carbonyl (C=O) groups is 1.